The second-order valence-corrected chi connectivity index (χ2v) is 4.59. The normalized spacial score (nSPS) is 30.3. The van der Waals surface area contributed by atoms with E-state index in [9.17, 15) is 4.79 Å². The van der Waals surface area contributed by atoms with Crippen molar-refractivity contribution in [3.8, 4) is 0 Å². The minimum absolute atomic E-state index is 0.000722. The van der Waals surface area contributed by atoms with Gasteiger partial charge in [0.05, 0.1) is 7.41 Å². The number of cyclic esters (lactones) is 1. The zero-order valence-corrected chi connectivity index (χ0v) is 10.9. The van der Waals surface area contributed by atoms with Gasteiger partial charge in [0.25, 0.3) is 0 Å². The van der Waals surface area contributed by atoms with E-state index >= 15 is 0 Å². The number of nitrogens with zero attached hydrogens (tertiary/aromatic N) is 1. The third kappa shape index (κ3) is 3.19. The quantitative estimate of drug-likeness (QED) is 0.887. The summed E-state index contributed by atoms with van der Waals surface area (Å²) < 4.78 is 107. The van der Waals surface area contributed by atoms with Gasteiger partial charge in [-0.25, -0.2) is 4.79 Å². The van der Waals surface area contributed by atoms with Crippen LogP contribution in [0.3, 0.4) is 0 Å². The van der Waals surface area contributed by atoms with E-state index < -0.39 is 55.6 Å². The molecule has 0 bridgehead atoms. The molecule has 1 aliphatic heterocycles. The molecular formula is C16H21N3O2. The highest BCUT2D eigenvalue weighted by Crippen LogP contribution is 2.21. The number of aromatic amines is 1. The van der Waals surface area contributed by atoms with Crippen molar-refractivity contribution in [2.24, 2.45) is 0 Å². The highest BCUT2D eigenvalue weighted by molar-refractivity contribution is 5.84. The Morgan fingerprint density at radius 1 is 1.62 bits per heavy atom. The molecule has 21 heavy (non-hydrogen) atoms. The zero-order chi connectivity index (χ0) is 26.0. The minimum atomic E-state index is -3.66. The lowest BCUT2D eigenvalue weighted by Crippen LogP contribution is -2.28. The molecule has 1 amide bonds. The number of carbonyl (C=O) groups is 1. The Bertz CT molecular complexity index is 1090. The maximum absolute atomic E-state index is 11.4. The lowest BCUT2D eigenvalue weighted by Gasteiger charge is -2.09. The first-order valence-corrected chi connectivity index (χ1v) is 6.20. The highest BCUT2D eigenvalue weighted by Gasteiger charge is 2.22. The lowest BCUT2D eigenvalue weighted by molar-refractivity contribution is 0.177. The maximum Gasteiger partial charge on any atom is 0.407 e. The Morgan fingerprint density at radius 2 is 2.52 bits per heavy atom. The molecule has 1 saturated heterocycles. The van der Waals surface area contributed by atoms with Gasteiger partial charge in [0, 0.05) is 37.3 Å². The van der Waals surface area contributed by atoms with Crippen molar-refractivity contribution in [1.29, 1.82) is 0 Å². The van der Waals surface area contributed by atoms with Crippen LogP contribution in [-0.4, -0.2) is 49.1 Å². The van der Waals surface area contributed by atoms with Gasteiger partial charge in [0.15, 0.2) is 2.82 Å². The Kier molecular flexibility index (Phi) is 1.46. The molecule has 112 valence electrons. The summed E-state index contributed by atoms with van der Waals surface area (Å²) in [5.74, 6) is 0. The molecular weight excluding hydrogens is 266 g/mol. The number of rotatable bonds is 5. The van der Waals surface area contributed by atoms with Gasteiger partial charge in [0.2, 0.25) is 0 Å². The van der Waals surface area contributed by atoms with Crippen molar-refractivity contribution in [3.63, 3.8) is 0 Å². The Hall–Kier alpha value is -2.01. The fourth-order valence-corrected chi connectivity index (χ4v) is 2.16. The van der Waals surface area contributed by atoms with Gasteiger partial charge in [0.1, 0.15) is 6.61 Å². The van der Waals surface area contributed by atoms with Crippen molar-refractivity contribution in [2.75, 3.05) is 27.1 Å². The van der Waals surface area contributed by atoms with Crippen LogP contribution in [0.15, 0.2) is 24.4 Å². The number of aromatic nitrogens is 1. The molecule has 1 aromatic carbocycles. The van der Waals surface area contributed by atoms with Crippen molar-refractivity contribution in [3.05, 3.63) is 35.5 Å². The Morgan fingerprint density at radius 3 is 3.29 bits per heavy atom. The molecule has 0 spiro atoms. The topological polar surface area (TPSA) is 57.4 Å². The van der Waals surface area contributed by atoms with E-state index in [4.69, 9.17) is 22.6 Å². The summed E-state index contributed by atoms with van der Waals surface area (Å²) in [6, 6.07) is 3.57. The van der Waals surface area contributed by atoms with Crippen LogP contribution in [0.25, 0.3) is 10.9 Å². The molecule has 3 rings (SSSR count). The summed E-state index contributed by atoms with van der Waals surface area (Å²) in [4.78, 5) is 11.4. The average Bonchev–Trinajstić information content (AvgIpc) is 3.09. The van der Waals surface area contributed by atoms with Gasteiger partial charge in [-0.1, -0.05) is 6.07 Å². The molecule has 2 aromatic rings. The molecule has 0 radical (unpaired) electrons. The molecule has 0 aliphatic carbocycles. The van der Waals surface area contributed by atoms with E-state index in [0.717, 1.165) is 0 Å². The third-order valence-corrected chi connectivity index (χ3v) is 3.07. The van der Waals surface area contributed by atoms with E-state index in [0.29, 0.717) is 15.9 Å². The summed E-state index contributed by atoms with van der Waals surface area (Å²) in [5.41, 5.74) is -0.261. The van der Waals surface area contributed by atoms with Crippen LogP contribution in [0, 0.1) is 0 Å². The Labute approximate surface area is 142 Å². The molecule has 5 nitrogen and oxygen atoms in total. The number of carbonyl (C=O) groups excluding carboxylic acids is 1. The smallest absolute Gasteiger partial charge is 0.407 e. The van der Waals surface area contributed by atoms with Gasteiger partial charge in [-0.05, 0) is 50.0 Å². The predicted octanol–water partition coefficient (Wildman–Crippen LogP) is 1.92. The van der Waals surface area contributed by atoms with E-state index in [1.165, 1.54) is 18.2 Å². The molecule has 1 fully saturated rings. The first-order valence-electron chi connectivity index (χ1n) is 12.6. The number of hydrogen-bond donors (Lipinski definition) is 2. The van der Waals surface area contributed by atoms with Crippen LogP contribution in [0.4, 0.5) is 4.79 Å². The second-order valence-electron chi connectivity index (χ2n) is 4.59. The van der Waals surface area contributed by atoms with E-state index in [2.05, 4.69) is 0 Å². The van der Waals surface area contributed by atoms with Gasteiger partial charge < -0.3 is 19.9 Å². The van der Waals surface area contributed by atoms with Crippen LogP contribution in [-0.2, 0) is 17.5 Å². The standard InChI is InChI=1S/C16H21N3O2/c1-19(2)6-5-12-9-17-15-4-3-11(8-14(12)15)7-13-10-21-16(20)18-13/h3-4,8-9,13,17H,5-7,10H2,1-2H3,(H,18,20)/t13-/m0/s1/i1D3,2D3,5D2,6D2,9D/hD2. The molecule has 2 heterocycles. The second kappa shape index (κ2) is 5.77. The lowest BCUT2D eigenvalue weighted by atomic mass is 10.0. The van der Waals surface area contributed by atoms with Gasteiger partial charge in [-0.3, -0.25) is 0 Å². The van der Waals surface area contributed by atoms with E-state index in [-0.39, 0.29) is 23.9 Å². The van der Waals surface area contributed by atoms with Crippen molar-refractivity contribution < 1.29 is 27.4 Å². The molecule has 5 heteroatoms. The molecule has 2 N–H and O–H groups in total. The Balaban J connectivity index is 2.17. The number of H-pyrrole nitrogens is 1. The number of hydrogen-bond acceptors (Lipinski definition) is 3. The first kappa shape index (κ1) is 5.32. The fourth-order valence-electron chi connectivity index (χ4n) is 2.16. The van der Waals surface area contributed by atoms with Crippen LogP contribution < -0.4 is 5.31 Å². The van der Waals surface area contributed by atoms with Crippen LogP contribution in [0.1, 0.15) is 26.2 Å². The van der Waals surface area contributed by atoms with Crippen LogP contribution >= 0.6 is 0 Å². The van der Waals surface area contributed by atoms with Crippen molar-refractivity contribution in [2.45, 2.75) is 18.8 Å². The molecule has 1 aromatic heterocycles. The number of fused-ring (bicyclic) bond motifs is 1. The van der Waals surface area contributed by atoms with E-state index in [1.54, 1.807) is 0 Å². The number of ether oxygens (including phenoxy) is 1. The van der Waals surface area contributed by atoms with Crippen molar-refractivity contribution >= 4 is 17.0 Å². The highest BCUT2D eigenvalue weighted by atomic mass is 16.6. The number of aryl methyl sites for hydroxylation is 1. The summed E-state index contributed by atoms with van der Waals surface area (Å²) in [5, 5.41) is 0.531. The largest absolute Gasteiger partial charge is 0.447 e. The van der Waals surface area contributed by atoms with Crippen LogP contribution in [0.5, 0.6) is 0 Å². The van der Waals surface area contributed by atoms with Gasteiger partial charge in [-0.2, -0.15) is 0 Å². The van der Waals surface area contributed by atoms with Crippen molar-refractivity contribution in [1.82, 2.24) is 15.2 Å². The number of alkyl carbamates (subject to hydrolysis) is 1. The summed E-state index contributed by atoms with van der Waals surface area (Å²) in [7, 11) is 0. The molecule has 0 unspecified atom stereocenters. The molecule has 1 atom stereocenters. The SMILES string of the molecule is [2H]c1c(C([2H])([2H])C([2H])([2H])N(C([2H])([2H])[2H])C([2H])([2H])[2H])c2cc(C[C@H]3COC(=O)N3[2H])ccc2n1[2H]. The number of benzene rings is 1. The number of nitrogens with one attached hydrogen (secondary N) is 2. The number of likely N-dealkylation sites (N-methyl/N-ethyl adjacent to an activating group) is 1. The van der Waals surface area contributed by atoms with Gasteiger partial charge in [-0.15, -0.1) is 0 Å². The maximum atomic E-state index is 11.4. The molecule has 1 aliphatic rings. The first-order chi connectivity index (χ1) is 15.3. The van der Waals surface area contributed by atoms with E-state index in [1.807, 2.05) is 0 Å². The van der Waals surface area contributed by atoms with Crippen LogP contribution in [0.2, 0.25) is 2.82 Å². The minimum Gasteiger partial charge on any atom is -0.447 e. The zero-order valence-electron chi connectivity index (χ0n) is 23.9. The predicted molar refractivity (Wildman–Crippen MR) is 82.5 cm³/mol. The third-order valence-electron chi connectivity index (χ3n) is 3.07. The summed E-state index contributed by atoms with van der Waals surface area (Å²) in [6.07, 6.45) is -4.91. The average molecular weight is 300 g/mol. The summed E-state index contributed by atoms with van der Waals surface area (Å²) >= 11 is 0. The molecule has 0 saturated carbocycles. The van der Waals surface area contributed by atoms with Gasteiger partial charge >= 0.3 is 6.09 Å². The summed E-state index contributed by atoms with van der Waals surface area (Å²) in [6.45, 7) is -10.8. The monoisotopic (exact) mass is 300 g/mol. The number of amides is 1. The fraction of sp³-hybridized carbons (Fsp3) is 0.438.